The van der Waals surface area contributed by atoms with Crippen LogP contribution in [0, 0.1) is 5.82 Å². The lowest BCUT2D eigenvalue weighted by Gasteiger charge is -2.26. The lowest BCUT2D eigenvalue weighted by atomic mass is 10.1. The van der Waals surface area contributed by atoms with Crippen LogP contribution >= 0.6 is 11.6 Å². The van der Waals surface area contributed by atoms with Crippen molar-refractivity contribution in [3.63, 3.8) is 0 Å². The number of amides is 2. The minimum absolute atomic E-state index is 0.0235. The Morgan fingerprint density at radius 3 is 2.50 bits per heavy atom. The lowest BCUT2D eigenvalue weighted by molar-refractivity contribution is 0.0730. The van der Waals surface area contributed by atoms with E-state index in [1.54, 1.807) is 53.4 Å². The predicted octanol–water partition coefficient (Wildman–Crippen LogP) is 6.19. The number of rotatable bonds is 4. The molecule has 1 N–H and O–H groups in total. The quantitative estimate of drug-likeness (QED) is 0.383. The number of furan rings is 1. The average Bonchev–Trinajstić information content (AvgIpc) is 3.28. The second-order valence-corrected chi connectivity index (χ2v) is 8.44. The van der Waals surface area contributed by atoms with Gasteiger partial charge in [0.1, 0.15) is 17.3 Å². The number of hydrogen-bond acceptors (Lipinski definition) is 3. The van der Waals surface area contributed by atoms with Gasteiger partial charge in [-0.3, -0.25) is 9.59 Å². The van der Waals surface area contributed by atoms with Gasteiger partial charge in [0.2, 0.25) is 0 Å². The van der Waals surface area contributed by atoms with Crippen molar-refractivity contribution in [2.75, 3.05) is 11.9 Å². The van der Waals surface area contributed by atoms with Gasteiger partial charge in [0.15, 0.2) is 0 Å². The molecule has 1 aliphatic rings. The van der Waals surface area contributed by atoms with Crippen molar-refractivity contribution in [3.8, 4) is 11.3 Å². The summed E-state index contributed by atoms with van der Waals surface area (Å²) < 4.78 is 20.0. The van der Waals surface area contributed by atoms with E-state index in [4.69, 9.17) is 16.0 Å². The van der Waals surface area contributed by atoms with Crippen LogP contribution in [0.5, 0.6) is 0 Å². The Morgan fingerprint density at radius 1 is 0.941 bits per heavy atom. The van der Waals surface area contributed by atoms with E-state index in [2.05, 4.69) is 5.32 Å². The zero-order valence-electron chi connectivity index (χ0n) is 18.1. The molecule has 34 heavy (non-hydrogen) atoms. The third-order valence-electron chi connectivity index (χ3n) is 5.78. The summed E-state index contributed by atoms with van der Waals surface area (Å²) in [5, 5.41) is 3.16. The second kappa shape index (κ2) is 9.15. The Labute approximate surface area is 200 Å². The Hall–Kier alpha value is -3.90. The summed E-state index contributed by atoms with van der Waals surface area (Å²) >= 11 is 6.20. The molecule has 3 aromatic carbocycles. The molecule has 0 saturated heterocycles. The van der Waals surface area contributed by atoms with E-state index in [1.807, 2.05) is 12.1 Å². The molecule has 170 valence electrons. The van der Waals surface area contributed by atoms with Crippen molar-refractivity contribution < 1.29 is 18.4 Å². The standard InChI is InChI=1S/C27H20ClFN2O3/c28-22-10-3-1-8-20(22)27(33)31-13-12-24-18(16-31)15-25(34-24)17-6-5-7-19(14-17)30-26(32)21-9-2-4-11-23(21)29/h1-11,14-15H,12-13,16H2,(H,30,32). The summed E-state index contributed by atoms with van der Waals surface area (Å²) in [6.07, 6.45) is 0.592. The number of fused-ring (bicyclic) bond motifs is 1. The van der Waals surface area contributed by atoms with Crippen molar-refractivity contribution in [3.05, 3.63) is 112 Å². The van der Waals surface area contributed by atoms with Crippen LogP contribution in [0.1, 0.15) is 32.0 Å². The van der Waals surface area contributed by atoms with Gasteiger partial charge in [0.25, 0.3) is 11.8 Å². The van der Waals surface area contributed by atoms with E-state index < -0.39 is 11.7 Å². The SMILES string of the molecule is O=C(Nc1cccc(-c2cc3c(o2)CCN(C(=O)c2ccccc2Cl)C3)c1)c1ccccc1F. The summed E-state index contributed by atoms with van der Waals surface area (Å²) in [6, 6.07) is 21.9. The van der Waals surface area contributed by atoms with Crippen molar-refractivity contribution in [1.82, 2.24) is 4.90 Å². The van der Waals surface area contributed by atoms with E-state index in [0.29, 0.717) is 41.5 Å². The Balaban J connectivity index is 1.34. The molecule has 0 aliphatic carbocycles. The molecule has 2 heterocycles. The zero-order chi connectivity index (χ0) is 23.7. The number of hydrogen-bond donors (Lipinski definition) is 1. The van der Waals surface area contributed by atoms with Crippen LogP contribution in [0.3, 0.4) is 0 Å². The number of anilines is 1. The summed E-state index contributed by atoms with van der Waals surface area (Å²) in [7, 11) is 0. The van der Waals surface area contributed by atoms with Crippen LogP contribution < -0.4 is 5.32 Å². The molecule has 2 amide bonds. The number of nitrogens with zero attached hydrogens (tertiary/aromatic N) is 1. The van der Waals surface area contributed by atoms with Gasteiger partial charge in [-0.2, -0.15) is 0 Å². The van der Waals surface area contributed by atoms with E-state index >= 15 is 0 Å². The largest absolute Gasteiger partial charge is 0.461 e. The van der Waals surface area contributed by atoms with Crippen LogP contribution in [0.2, 0.25) is 5.02 Å². The van der Waals surface area contributed by atoms with Gasteiger partial charge in [-0.15, -0.1) is 0 Å². The Bertz CT molecular complexity index is 1400. The summed E-state index contributed by atoms with van der Waals surface area (Å²) in [4.78, 5) is 27.2. The molecule has 4 aromatic rings. The molecular weight excluding hydrogens is 455 g/mol. The number of nitrogens with one attached hydrogen (secondary N) is 1. The van der Waals surface area contributed by atoms with Gasteiger partial charge in [-0.25, -0.2) is 4.39 Å². The molecule has 5 nitrogen and oxygen atoms in total. The Kier molecular flexibility index (Phi) is 5.90. The fraction of sp³-hybridized carbons (Fsp3) is 0.111. The highest BCUT2D eigenvalue weighted by Crippen LogP contribution is 2.32. The van der Waals surface area contributed by atoms with Crippen LogP contribution in [-0.2, 0) is 13.0 Å². The third-order valence-corrected chi connectivity index (χ3v) is 6.11. The summed E-state index contributed by atoms with van der Waals surface area (Å²) in [5.74, 6) is 0.253. The first-order chi connectivity index (χ1) is 16.5. The first-order valence-corrected chi connectivity index (χ1v) is 11.2. The Morgan fingerprint density at radius 2 is 1.71 bits per heavy atom. The molecular formula is C27H20ClFN2O3. The van der Waals surface area contributed by atoms with Crippen molar-refractivity contribution in [1.29, 1.82) is 0 Å². The molecule has 0 spiro atoms. The highest BCUT2D eigenvalue weighted by atomic mass is 35.5. The zero-order valence-corrected chi connectivity index (χ0v) is 18.8. The molecule has 5 rings (SSSR count). The molecule has 0 bridgehead atoms. The van der Waals surface area contributed by atoms with Crippen molar-refractivity contribution in [2.24, 2.45) is 0 Å². The van der Waals surface area contributed by atoms with Gasteiger partial charge >= 0.3 is 0 Å². The number of benzene rings is 3. The minimum Gasteiger partial charge on any atom is -0.461 e. The van der Waals surface area contributed by atoms with Crippen LogP contribution in [0.15, 0.2) is 83.3 Å². The molecule has 1 aliphatic heterocycles. The van der Waals surface area contributed by atoms with Crippen LogP contribution in [-0.4, -0.2) is 23.3 Å². The van der Waals surface area contributed by atoms with Crippen LogP contribution in [0.25, 0.3) is 11.3 Å². The van der Waals surface area contributed by atoms with Gasteiger partial charge in [0, 0.05) is 36.3 Å². The monoisotopic (exact) mass is 474 g/mol. The molecule has 7 heteroatoms. The second-order valence-electron chi connectivity index (χ2n) is 8.03. The van der Waals surface area contributed by atoms with Crippen molar-refractivity contribution >= 4 is 29.1 Å². The van der Waals surface area contributed by atoms with E-state index in [9.17, 15) is 14.0 Å². The lowest BCUT2D eigenvalue weighted by Crippen LogP contribution is -2.35. The maximum Gasteiger partial charge on any atom is 0.258 e. The summed E-state index contributed by atoms with van der Waals surface area (Å²) in [6.45, 7) is 0.954. The first-order valence-electron chi connectivity index (χ1n) is 10.8. The average molecular weight is 475 g/mol. The topological polar surface area (TPSA) is 62.6 Å². The maximum absolute atomic E-state index is 13.9. The van der Waals surface area contributed by atoms with Gasteiger partial charge in [0.05, 0.1) is 16.1 Å². The van der Waals surface area contributed by atoms with E-state index in [0.717, 1.165) is 16.9 Å². The van der Waals surface area contributed by atoms with Gasteiger partial charge in [-0.05, 0) is 42.5 Å². The normalized spacial score (nSPS) is 12.8. The third kappa shape index (κ3) is 4.32. The van der Waals surface area contributed by atoms with E-state index in [-0.39, 0.29) is 11.5 Å². The molecule has 0 fully saturated rings. The van der Waals surface area contributed by atoms with Gasteiger partial charge < -0.3 is 14.6 Å². The highest BCUT2D eigenvalue weighted by molar-refractivity contribution is 6.33. The molecule has 0 radical (unpaired) electrons. The van der Waals surface area contributed by atoms with Crippen molar-refractivity contribution in [2.45, 2.75) is 13.0 Å². The fourth-order valence-corrected chi connectivity index (χ4v) is 4.26. The highest BCUT2D eigenvalue weighted by Gasteiger charge is 2.26. The minimum atomic E-state index is -0.578. The van der Waals surface area contributed by atoms with Crippen LogP contribution in [0.4, 0.5) is 10.1 Å². The molecule has 0 unspecified atom stereocenters. The van der Waals surface area contributed by atoms with E-state index in [1.165, 1.54) is 18.2 Å². The van der Waals surface area contributed by atoms with Gasteiger partial charge in [-0.1, -0.05) is 48.0 Å². The summed E-state index contributed by atoms with van der Waals surface area (Å²) in [5.41, 5.74) is 2.68. The fourth-order valence-electron chi connectivity index (χ4n) is 4.05. The number of carbonyl (C=O) groups excluding carboxylic acids is 2. The number of carbonyl (C=O) groups is 2. The number of halogens is 2. The predicted molar refractivity (Wildman–Crippen MR) is 128 cm³/mol. The molecule has 0 atom stereocenters. The molecule has 1 aromatic heterocycles. The maximum atomic E-state index is 13.9. The smallest absolute Gasteiger partial charge is 0.258 e. The molecule has 0 saturated carbocycles. The first kappa shape index (κ1) is 21.9.